The summed E-state index contributed by atoms with van der Waals surface area (Å²) in [6.07, 6.45) is 0. The van der Waals surface area contributed by atoms with Gasteiger partial charge < -0.3 is 0 Å². The predicted octanol–water partition coefficient (Wildman–Crippen LogP) is 4.34. The van der Waals surface area contributed by atoms with Gasteiger partial charge in [0.2, 0.25) is 0 Å². The Balaban J connectivity index is 1.85. The van der Waals surface area contributed by atoms with Crippen molar-refractivity contribution in [1.29, 1.82) is 0 Å². The summed E-state index contributed by atoms with van der Waals surface area (Å²) in [6.45, 7) is 3.26. The smallest absolute Gasteiger partial charge is 0.264 e. The van der Waals surface area contributed by atoms with E-state index in [0.717, 1.165) is 19.0 Å². The minimum atomic E-state index is -3.94. The third-order valence-electron chi connectivity index (χ3n) is 4.53. The van der Waals surface area contributed by atoms with E-state index in [1.54, 1.807) is 49.4 Å². The molecule has 1 N–H and O–H groups in total. The molecule has 1 amide bonds. The van der Waals surface area contributed by atoms with Crippen molar-refractivity contribution in [3.8, 4) is 0 Å². The molecular weight excluding hydrogens is 525 g/mol. The van der Waals surface area contributed by atoms with Crippen LogP contribution in [0.5, 0.6) is 0 Å². The van der Waals surface area contributed by atoms with Crippen molar-refractivity contribution in [3.05, 3.63) is 93.6 Å². The Kier molecular flexibility index (Phi) is 7.45. The molecule has 0 atom stereocenters. The Bertz CT molecular complexity index is 1190. The van der Waals surface area contributed by atoms with Gasteiger partial charge in [-0.25, -0.2) is 13.8 Å². The number of sulfonamides is 1. The Morgan fingerprint density at radius 1 is 1.00 bits per heavy atom. The van der Waals surface area contributed by atoms with Crippen LogP contribution in [0.2, 0.25) is 0 Å². The lowest BCUT2D eigenvalue weighted by molar-refractivity contribution is -0.119. The number of hydrazone groups is 1. The lowest BCUT2D eigenvalue weighted by atomic mass is 10.1. The van der Waals surface area contributed by atoms with E-state index in [1.165, 1.54) is 12.1 Å². The minimum absolute atomic E-state index is 0.119. The number of carbonyl (C=O) groups excluding carboxylic acids is 1. The molecule has 6 nitrogen and oxygen atoms in total. The molecule has 0 bridgehead atoms. The van der Waals surface area contributed by atoms with Gasteiger partial charge in [0.05, 0.1) is 16.3 Å². The fraction of sp³-hybridized carbons (Fsp3) is 0.130. The monoisotopic (exact) mass is 547 g/mol. The summed E-state index contributed by atoms with van der Waals surface area (Å²) in [7, 11) is -3.94. The number of hydrogen-bond donors (Lipinski definition) is 1. The van der Waals surface area contributed by atoms with Gasteiger partial charge in [0.1, 0.15) is 6.54 Å². The summed E-state index contributed by atoms with van der Waals surface area (Å²) in [4.78, 5) is 12.8. The Hall–Kier alpha value is -2.72. The van der Waals surface area contributed by atoms with Crippen LogP contribution in [0.3, 0.4) is 0 Å². The number of para-hydroxylation sites is 1. The number of benzene rings is 3. The average Bonchev–Trinajstić information content (AvgIpc) is 2.76. The number of halogens is 1. The number of rotatable bonds is 7. The Morgan fingerprint density at radius 2 is 1.68 bits per heavy atom. The standard InChI is InChI=1S/C23H22IN3O3S/c1-17-11-13-22(14-12-17)31(29,30)27(21-9-4-3-5-10-21)16-23(28)26-25-18(2)19-7-6-8-20(24)15-19/h3-15H,16H2,1-2H3,(H,26,28)/b25-18-. The van der Waals surface area contributed by atoms with Crippen LogP contribution in [-0.2, 0) is 14.8 Å². The molecule has 0 saturated heterocycles. The fourth-order valence-corrected chi connectivity index (χ4v) is 4.80. The molecule has 0 spiro atoms. The summed E-state index contributed by atoms with van der Waals surface area (Å²) in [5.74, 6) is -0.537. The zero-order valence-corrected chi connectivity index (χ0v) is 20.1. The highest BCUT2D eigenvalue weighted by molar-refractivity contribution is 14.1. The topological polar surface area (TPSA) is 78.8 Å². The van der Waals surface area contributed by atoms with Crippen LogP contribution in [0.1, 0.15) is 18.1 Å². The highest BCUT2D eigenvalue weighted by Gasteiger charge is 2.27. The van der Waals surface area contributed by atoms with Crippen molar-refractivity contribution < 1.29 is 13.2 Å². The molecule has 160 valence electrons. The first kappa shape index (κ1) is 23.0. The van der Waals surface area contributed by atoms with Crippen molar-refractivity contribution in [2.45, 2.75) is 18.7 Å². The van der Waals surface area contributed by atoms with E-state index in [2.05, 4.69) is 33.1 Å². The predicted molar refractivity (Wildman–Crippen MR) is 132 cm³/mol. The average molecular weight is 547 g/mol. The molecular formula is C23H22IN3O3S. The second-order valence-electron chi connectivity index (χ2n) is 6.90. The van der Waals surface area contributed by atoms with Crippen LogP contribution >= 0.6 is 22.6 Å². The van der Waals surface area contributed by atoms with Crippen LogP contribution in [0.4, 0.5) is 5.69 Å². The van der Waals surface area contributed by atoms with Crippen molar-refractivity contribution in [2.24, 2.45) is 5.10 Å². The first-order valence-corrected chi connectivity index (χ1v) is 12.0. The Labute approximate surface area is 196 Å². The molecule has 0 radical (unpaired) electrons. The lowest BCUT2D eigenvalue weighted by Crippen LogP contribution is -2.39. The molecule has 0 unspecified atom stereocenters. The van der Waals surface area contributed by atoms with Crippen molar-refractivity contribution in [3.63, 3.8) is 0 Å². The largest absolute Gasteiger partial charge is 0.271 e. The van der Waals surface area contributed by atoms with E-state index < -0.39 is 22.5 Å². The number of amides is 1. The van der Waals surface area contributed by atoms with Crippen LogP contribution in [-0.4, -0.2) is 26.6 Å². The molecule has 0 aliphatic heterocycles. The van der Waals surface area contributed by atoms with Crippen molar-refractivity contribution in [2.75, 3.05) is 10.8 Å². The van der Waals surface area contributed by atoms with Gasteiger partial charge in [-0.3, -0.25) is 9.10 Å². The van der Waals surface area contributed by atoms with Crippen LogP contribution < -0.4 is 9.73 Å². The van der Waals surface area contributed by atoms with Crippen molar-refractivity contribution in [1.82, 2.24) is 5.43 Å². The number of nitrogens with one attached hydrogen (secondary N) is 1. The summed E-state index contributed by atoms with van der Waals surface area (Å²) < 4.78 is 28.7. The van der Waals surface area contributed by atoms with Gasteiger partial charge in [0.25, 0.3) is 15.9 Å². The van der Waals surface area contributed by atoms with Crippen LogP contribution in [0, 0.1) is 10.5 Å². The number of nitrogens with zero attached hydrogens (tertiary/aromatic N) is 2. The summed E-state index contributed by atoms with van der Waals surface area (Å²) in [5.41, 5.74) is 5.32. The minimum Gasteiger partial charge on any atom is -0.271 e. The molecule has 0 aliphatic rings. The molecule has 0 fully saturated rings. The van der Waals surface area contributed by atoms with Gasteiger partial charge in [0, 0.05) is 3.57 Å². The quantitative estimate of drug-likeness (QED) is 0.272. The lowest BCUT2D eigenvalue weighted by Gasteiger charge is -2.23. The van der Waals surface area contributed by atoms with Crippen molar-refractivity contribution >= 4 is 49.9 Å². The summed E-state index contributed by atoms with van der Waals surface area (Å²) in [6, 6.07) is 22.8. The number of anilines is 1. The maximum Gasteiger partial charge on any atom is 0.264 e. The van der Waals surface area contributed by atoms with E-state index in [-0.39, 0.29) is 4.90 Å². The molecule has 3 aromatic rings. The third kappa shape index (κ3) is 5.92. The van der Waals surface area contributed by atoms with E-state index in [9.17, 15) is 13.2 Å². The molecule has 3 rings (SSSR count). The van der Waals surface area contributed by atoms with E-state index in [1.807, 2.05) is 31.2 Å². The number of hydrogen-bond acceptors (Lipinski definition) is 4. The maximum absolute atomic E-state index is 13.3. The van der Waals surface area contributed by atoms with Gasteiger partial charge >= 0.3 is 0 Å². The van der Waals surface area contributed by atoms with E-state index in [4.69, 9.17) is 0 Å². The van der Waals surface area contributed by atoms with E-state index in [0.29, 0.717) is 11.4 Å². The number of aryl methyl sites for hydroxylation is 1. The normalized spacial score (nSPS) is 11.8. The third-order valence-corrected chi connectivity index (χ3v) is 6.99. The van der Waals surface area contributed by atoms with Gasteiger partial charge in [0.15, 0.2) is 0 Å². The first-order chi connectivity index (χ1) is 14.8. The van der Waals surface area contributed by atoms with Gasteiger partial charge in [-0.2, -0.15) is 5.10 Å². The maximum atomic E-state index is 13.3. The molecule has 0 saturated carbocycles. The van der Waals surface area contributed by atoms with Gasteiger partial charge in [-0.15, -0.1) is 0 Å². The van der Waals surface area contributed by atoms with Crippen LogP contribution in [0.25, 0.3) is 0 Å². The molecule has 31 heavy (non-hydrogen) atoms. The second-order valence-corrected chi connectivity index (χ2v) is 10.0. The molecule has 3 aromatic carbocycles. The highest BCUT2D eigenvalue weighted by atomic mass is 127. The zero-order valence-electron chi connectivity index (χ0n) is 17.1. The fourth-order valence-electron chi connectivity index (χ4n) is 2.84. The number of carbonyl (C=O) groups is 1. The molecule has 0 heterocycles. The molecule has 0 aliphatic carbocycles. The first-order valence-electron chi connectivity index (χ1n) is 9.51. The van der Waals surface area contributed by atoms with Crippen LogP contribution in [0.15, 0.2) is 88.9 Å². The SMILES string of the molecule is C/C(=N/NC(=O)CN(c1ccccc1)S(=O)(=O)c1ccc(C)cc1)c1cccc(I)c1. The van der Waals surface area contributed by atoms with E-state index >= 15 is 0 Å². The summed E-state index contributed by atoms with van der Waals surface area (Å²) >= 11 is 2.20. The summed E-state index contributed by atoms with van der Waals surface area (Å²) in [5, 5.41) is 4.14. The molecule has 0 aromatic heterocycles. The van der Waals surface area contributed by atoms with Gasteiger partial charge in [-0.05, 0) is 78.4 Å². The zero-order chi connectivity index (χ0) is 22.4. The molecule has 8 heteroatoms. The van der Waals surface area contributed by atoms with Gasteiger partial charge in [-0.1, -0.05) is 48.0 Å². The second kappa shape index (κ2) is 10.1. The highest BCUT2D eigenvalue weighted by Crippen LogP contribution is 2.23. The Morgan fingerprint density at radius 3 is 2.32 bits per heavy atom.